The smallest absolute Gasteiger partial charge is 0.280 e. The number of hydrogen-bond acceptors (Lipinski definition) is 4. The number of likely N-dealkylation sites (N-methyl/N-ethyl adjacent to an activating group) is 1. The van der Waals surface area contributed by atoms with Gasteiger partial charge in [-0.3, -0.25) is 9.59 Å². The van der Waals surface area contributed by atoms with Crippen molar-refractivity contribution < 1.29 is 22.4 Å². The number of rotatable bonds is 6. The van der Waals surface area contributed by atoms with E-state index in [1.807, 2.05) is 30.3 Å². The van der Waals surface area contributed by atoms with Gasteiger partial charge in [0.05, 0.1) is 5.02 Å². The summed E-state index contributed by atoms with van der Waals surface area (Å²) in [6.45, 7) is 0.321. The van der Waals surface area contributed by atoms with Gasteiger partial charge in [0.25, 0.3) is 10.2 Å². The second-order valence-electron chi connectivity index (χ2n) is 7.09. The van der Waals surface area contributed by atoms with Crippen LogP contribution in [0.2, 0.25) is 5.02 Å². The van der Waals surface area contributed by atoms with Gasteiger partial charge in [0.15, 0.2) is 0 Å². The number of amides is 2. The van der Waals surface area contributed by atoms with Crippen LogP contribution in [0.4, 0.5) is 10.1 Å². The van der Waals surface area contributed by atoms with Crippen LogP contribution in [-0.4, -0.2) is 50.2 Å². The molecular weight excluding hydrogens is 447 g/mol. The van der Waals surface area contributed by atoms with Crippen molar-refractivity contribution in [3.8, 4) is 0 Å². The molecule has 0 spiro atoms. The van der Waals surface area contributed by atoms with Gasteiger partial charge in [0.2, 0.25) is 11.8 Å². The molecule has 1 heterocycles. The van der Waals surface area contributed by atoms with E-state index in [0.29, 0.717) is 13.0 Å². The number of nitrogens with zero attached hydrogens (tertiary/aromatic N) is 1. The fraction of sp³-hybridized carbons (Fsp3) is 0.300. The van der Waals surface area contributed by atoms with E-state index in [0.717, 1.165) is 15.9 Å². The molecule has 11 heteroatoms. The Balaban J connectivity index is 1.65. The molecule has 31 heavy (non-hydrogen) atoms. The lowest BCUT2D eigenvalue weighted by Gasteiger charge is -2.35. The predicted octanol–water partition coefficient (Wildman–Crippen LogP) is 1.68. The summed E-state index contributed by atoms with van der Waals surface area (Å²) in [7, 11) is -2.81. The van der Waals surface area contributed by atoms with Crippen molar-refractivity contribution in [2.24, 2.45) is 0 Å². The van der Waals surface area contributed by atoms with E-state index in [9.17, 15) is 22.4 Å². The molecule has 0 saturated carbocycles. The third-order valence-corrected chi connectivity index (χ3v) is 6.81. The minimum Gasteiger partial charge on any atom is -0.354 e. The van der Waals surface area contributed by atoms with Crippen LogP contribution in [0, 0.1) is 5.82 Å². The molecule has 1 fully saturated rings. The molecule has 2 aromatic carbocycles. The van der Waals surface area contributed by atoms with Crippen molar-refractivity contribution in [3.63, 3.8) is 0 Å². The first kappa shape index (κ1) is 23.1. The first-order valence-electron chi connectivity index (χ1n) is 9.50. The van der Waals surface area contributed by atoms with Crippen LogP contribution in [0.25, 0.3) is 0 Å². The number of anilines is 1. The lowest BCUT2D eigenvalue weighted by atomic mass is 10.1. The summed E-state index contributed by atoms with van der Waals surface area (Å²) in [6.07, 6.45) is 0.509. The molecule has 3 rings (SSSR count). The molecule has 8 nitrogen and oxygen atoms in total. The minimum absolute atomic E-state index is 0.0757. The van der Waals surface area contributed by atoms with E-state index in [1.165, 1.54) is 19.2 Å². The van der Waals surface area contributed by atoms with Gasteiger partial charge in [-0.2, -0.15) is 17.4 Å². The molecule has 1 aliphatic rings. The summed E-state index contributed by atoms with van der Waals surface area (Å²) in [6, 6.07) is 10.9. The Bertz CT molecular complexity index is 1070. The van der Waals surface area contributed by atoms with Gasteiger partial charge in [0.1, 0.15) is 17.9 Å². The highest BCUT2D eigenvalue weighted by Gasteiger charge is 2.42. The predicted molar refractivity (Wildman–Crippen MR) is 115 cm³/mol. The van der Waals surface area contributed by atoms with Gasteiger partial charge < -0.3 is 10.6 Å². The first-order valence-corrected chi connectivity index (χ1v) is 11.3. The molecule has 3 N–H and O–H groups in total. The number of hydrogen-bond donors (Lipinski definition) is 3. The SMILES string of the molecule is CN1C(C(=O)Nc2ccc(F)c(Cl)c2)CC(C(=O)NCCc2ccccc2)NS1(=O)=O. The maximum atomic E-state index is 13.3. The molecule has 2 atom stereocenters. The third kappa shape index (κ3) is 5.79. The van der Waals surface area contributed by atoms with Gasteiger partial charge in [-0.15, -0.1) is 0 Å². The minimum atomic E-state index is -4.06. The quantitative estimate of drug-likeness (QED) is 0.599. The Labute approximate surface area is 184 Å². The van der Waals surface area contributed by atoms with Crippen molar-refractivity contribution in [3.05, 3.63) is 64.9 Å². The number of nitrogens with one attached hydrogen (secondary N) is 3. The first-order chi connectivity index (χ1) is 14.7. The molecule has 1 aliphatic heterocycles. The molecule has 0 aliphatic carbocycles. The van der Waals surface area contributed by atoms with Crippen LogP contribution in [0.3, 0.4) is 0 Å². The van der Waals surface area contributed by atoms with Crippen LogP contribution in [0.1, 0.15) is 12.0 Å². The molecular formula is C20H22ClFN4O4S. The standard InChI is InChI=1S/C20H22ClFN4O4S/c1-26-18(20(28)24-14-7-8-16(22)15(21)11-14)12-17(25-31(26,29)30)19(27)23-10-9-13-5-3-2-4-6-13/h2-8,11,17-18,25H,9-10,12H2,1H3,(H,23,27)(H,24,28). The van der Waals surface area contributed by atoms with Crippen molar-refractivity contribution >= 4 is 39.3 Å². The van der Waals surface area contributed by atoms with Gasteiger partial charge in [-0.1, -0.05) is 41.9 Å². The Morgan fingerprint density at radius 2 is 1.90 bits per heavy atom. The van der Waals surface area contributed by atoms with Crippen LogP contribution in [0.5, 0.6) is 0 Å². The number of benzene rings is 2. The summed E-state index contributed by atoms with van der Waals surface area (Å²) in [5.74, 6) is -1.82. The summed E-state index contributed by atoms with van der Waals surface area (Å²) in [4.78, 5) is 25.3. The number of halogens is 2. The second-order valence-corrected chi connectivity index (χ2v) is 9.26. The normalized spacial score (nSPS) is 20.7. The van der Waals surface area contributed by atoms with Gasteiger partial charge >= 0.3 is 0 Å². The lowest BCUT2D eigenvalue weighted by Crippen LogP contribution is -2.62. The molecule has 0 bridgehead atoms. The van der Waals surface area contributed by atoms with Gasteiger partial charge in [-0.05, 0) is 36.6 Å². The summed E-state index contributed by atoms with van der Waals surface area (Å²) >= 11 is 5.72. The van der Waals surface area contributed by atoms with Crippen molar-refractivity contribution in [2.45, 2.75) is 24.9 Å². The monoisotopic (exact) mass is 468 g/mol. The molecule has 0 aromatic heterocycles. The van der Waals surface area contributed by atoms with Crippen LogP contribution >= 0.6 is 11.6 Å². The molecule has 1 saturated heterocycles. The highest BCUT2D eigenvalue weighted by Crippen LogP contribution is 2.22. The van der Waals surface area contributed by atoms with Gasteiger partial charge in [0, 0.05) is 19.3 Å². The highest BCUT2D eigenvalue weighted by atomic mass is 35.5. The van der Waals surface area contributed by atoms with Gasteiger partial charge in [-0.25, -0.2) is 4.39 Å². The fourth-order valence-corrected chi connectivity index (χ4v) is 4.61. The van der Waals surface area contributed by atoms with E-state index in [1.54, 1.807) is 0 Å². The fourth-order valence-electron chi connectivity index (χ4n) is 3.18. The zero-order valence-electron chi connectivity index (χ0n) is 16.6. The molecule has 2 aromatic rings. The van der Waals surface area contributed by atoms with Crippen molar-refractivity contribution in [2.75, 3.05) is 18.9 Å². The number of carbonyl (C=O) groups excluding carboxylic acids is 2. The van der Waals surface area contributed by atoms with E-state index >= 15 is 0 Å². The van der Waals surface area contributed by atoms with Crippen molar-refractivity contribution in [1.29, 1.82) is 0 Å². The third-order valence-electron chi connectivity index (χ3n) is 4.93. The Kier molecular flexibility index (Phi) is 7.26. The summed E-state index contributed by atoms with van der Waals surface area (Å²) < 4.78 is 41.4. The summed E-state index contributed by atoms with van der Waals surface area (Å²) in [5, 5.41) is 5.04. The lowest BCUT2D eigenvalue weighted by molar-refractivity contribution is -0.124. The second kappa shape index (κ2) is 9.73. The average molecular weight is 469 g/mol. The molecule has 166 valence electrons. The number of carbonyl (C=O) groups is 2. The highest BCUT2D eigenvalue weighted by molar-refractivity contribution is 7.87. The molecule has 0 radical (unpaired) electrons. The van der Waals surface area contributed by atoms with E-state index < -0.39 is 39.9 Å². The van der Waals surface area contributed by atoms with Crippen LogP contribution < -0.4 is 15.4 Å². The average Bonchev–Trinajstić information content (AvgIpc) is 2.73. The molecule has 2 amide bonds. The Morgan fingerprint density at radius 3 is 2.58 bits per heavy atom. The van der Waals surface area contributed by atoms with E-state index in [2.05, 4.69) is 15.4 Å². The van der Waals surface area contributed by atoms with E-state index in [4.69, 9.17) is 11.6 Å². The molecule has 2 unspecified atom stereocenters. The Hall–Kier alpha value is -2.53. The van der Waals surface area contributed by atoms with E-state index in [-0.39, 0.29) is 17.1 Å². The van der Waals surface area contributed by atoms with Crippen LogP contribution in [-0.2, 0) is 26.2 Å². The van der Waals surface area contributed by atoms with Crippen molar-refractivity contribution in [1.82, 2.24) is 14.3 Å². The Morgan fingerprint density at radius 1 is 1.19 bits per heavy atom. The maximum Gasteiger partial charge on any atom is 0.280 e. The largest absolute Gasteiger partial charge is 0.354 e. The maximum absolute atomic E-state index is 13.3. The van der Waals surface area contributed by atoms with Crippen LogP contribution in [0.15, 0.2) is 48.5 Å². The zero-order chi connectivity index (χ0) is 22.6. The topological polar surface area (TPSA) is 108 Å². The summed E-state index contributed by atoms with van der Waals surface area (Å²) in [5.41, 5.74) is 1.24. The zero-order valence-corrected chi connectivity index (χ0v) is 18.2.